The summed E-state index contributed by atoms with van der Waals surface area (Å²) < 4.78 is 0. The van der Waals surface area contributed by atoms with Crippen molar-refractivity contribution in [2.24, 2.45) is 17.1 Å². The summed E-state index contributed by atoms with van der Waals surface area (Å²) in [6, 6.07) is 10.4. The lowest BCUT2D eigenvalue weighted by Crippen LogP contribution is -2.23. The van der Waals surface area contributed by atoms with E-state index in [1.165, 1.54) is 5.39 Å². The van der Waals surface area contributed by atoms with Crippen molar-refractivity contribution < 1.29 is 0 Å². The normalized spacial score (nSPS) is 15.4. The Balaban J connectivity index is 2.29. The molecule has 0 saturated heterocycles. The van der Waals surface area contributed by atoms with E-state index in [2.05, 4.69) is 56.9 Å². The van der Waals surface area contributed by atoms with Crippen LogP contribution < -0.4 is 5.73 Å². The molecule has 0 spiro atoms. The van der Waals surface area contributed by atoms with Crippen LogP contribution in [-0.2, 0) is 0 Å². The summed E-state index contributed by atoms with van der Waals surface area (Å²) in [4.78, 5) is 4.49. The van der Waals surface area contributed by atoms with Crippen LogP contribution in [0.1, 0.15) is 45.7 Å². The molecule has 0 aliphatic heterocycles. The van der Waals surface area contributed by atoms with Gasteiger partial charge in [0.1, 0.15) is 0 Å². The van der Waals surface area contributed by atoms with Gasteiger partial charge in [0.05, 0.1) is 5.52 Å². The van der Waals surface area contributed by atoms with Gasteiger partial charge >= 0.3 is 0 Å². The summed E-state index contributed by atoms with van der Waals surface area (Å²) in [5.41, 5.74) is 8.91. The highest BCUT2D eigenvalue weighted by atomic mass is 14.7. The van der Waals surface area contributed by atoms with Gasteiger partial charge in [-0.15, -0.1) is 0 Å². The number of aromatic nitrogens is 1. The number of benzene rings is 1. The Morgan fingerprint density at radius 2 is 1.84 bits per heavy atom. The van der Waals surface area contributed by atoms with E-state index in [4.69, 9.17) is 5.73 Å². The average Bonchev–Trinajstić information content (AvgIpc) is 2.36. The molecule has 2 unspecified atom stereocenters. The van der Waals surface area contributed by atoms with Crippen molar-refractivity contribution in [2.45, 2.75) is 40.2 Å². The Morgan fingerprint density at radius 3 is 2.53 bits per heavy atom. The maximum atomic E-state index is 6.42. The van der Waals surface area contributed by atoms with E-state index >= 15 is 0 Å². The van der Waals surface area contributed by atoms with Crippen molar-refractivity contribution in [1.82, 2.24) is 4.98 Å². The molecule has 1 aromatic heterocycles. The summed E-state index contributed by atoms with van der Waals surface area (Å²) in [6.45, 7) is 9.08. The average molecular weight is 256 g/mol. The molecule has 0 bridgehead atoms. The topological polar surface area (TPSA) is 38.9 Å². The molecule has 1 heterocycles. The first-order valence-corrected chi connectivity index (χ1v) is 6.99. The Kier molecular flexibility index (Phi) is 3.91. The second kappa shape index (κ2) is 5.30. The molecule has 102 valence electrons. The number of nitrogens with two attached hydrogens (primary N) is 1. The summed E-state index contributed by atoms with van der Waals surface area (Å²) in [6.07, 6.45) is 2.82. The molecular weight excluding hydrogens is 232 g/mol. The van der Waals surface area contributed by atoms with Crippen LogP contribution in [0.3, 0.4) is 0 Å². The highest BCUT2D eigenvalue weighted by Crippen LogP contribution is 2.33. The summed E-state index contributed by atoms with van der Waals surface area (Å²) >= 11 is 0. The molecular formula is C17H24N2. The molecule has 2 heteroatoms. The third-order valence-corrected chi connectivity index (χ3v) is 4.15. The molecule has 2 aromatic rings. The van der Waals surface area contributed by atoms with E-state index in [-0.39, 0.29) is 11.5 Å². The van der Waals surface area contributed by atoms with E-state index in [9.17, 15) is 0 Å². The number of pyridine rings is 1. The first-order chi connectivity index (χ1) is 8.89. The van der Waals surface area contributed by atoms with Crippen LogP contribution in [0.25, 0.3) is 10.9 Å². The molecule has 2 N–H and O–H groups in total. The largest absolute Gasteiger partial charge is 0.324 e. The SMILES string of the molecule is CC(CC(N)c1cccc2cccnc12)C(C)(C)C. The number of hydrogen-bond acceptors (Lipinski definition) is 2. The zero-order chi connectivity index (χ0) is 14.0. The highest BCUT2D eigenvalue weighted by Gasteiger charge is 2.23. The third kappa shape index (κ3) is 3.13. The second-order valence-electron chi connectivity index (χ2n) is 6.53. The van der Waals surface area contributed by atoms with Crippen LogP contribution in [0.15, 0.2) is 36.5 Å². The van der Waals surface area contributed by atoms with E-state index < -0.39 is 0 Å². The second-order valence-corrected chi connectivity index (χ2v) is 6.53. The molecule has 0 aliphatic carbocycles. The van der Waals surface area contributed by atoms with Gasteiger partial charge in [-0.1, -0.05) is 52.0 Å². The molecule has 0 fully saturated rings. The van der Waals surface area contributed by atoms with Gasteiger partial charge < -0.3 is 5.73 Å². The predicted molar refractivity (Wildman–Crippen MR) is 81.9 cm³/mol. The van der Waals surface area contributed by atoms with Crippen molar-refractivity contribution in [2.75, 3.05) is 0 Å². The predicted octanol–water partition coefficient (Wildman–Crippen LogP) is 4.31. The van der Waals surface area contributed by atoms with Gasteiger partial charge in [0.2, 0.25) is 0 Å². The van der Waals surface area contributed by atoms with E-state index in [0.717, 1.165) is 17.5 Å². The van der Waals surface area contributed by atoms with Crippen molar-refractivity contribution in [3.63, 3.8) is 0 Å². The molecule has 0 aliphatic rings. The van der Waals surface area contributed by atoms with E-state index in [0.29, 0.717) is 5.92 Å². The molecule has 19 heavy (non-hydrogen) atoms. The van der Waals surface area contributed by atoms with Crippen LogP contribution in [0.5, 0.6) is 0 Å². The van der Waals surface area contributed by atoms with Crippen molar-refractivity contribution >= 4 is 10.9 Å². The smallest absolute Gasteiger partial charge is 0.0749 e. The number of nitrogens with zero attached hydrogens (tertiary/aromatic N) is 1. The fraction of sp³-hybridized carbons (Fsp3) is 0.471. The highest BCUT2D eigenvalue weighted by molar-refractivity contribution is 5.81. The van der Waals surface area contributed by atoms with Crippen LogP contribution >= 0.6 is 0 Å². The Labute approximate surface area is 116 Å². The fourth-order valence-corrected chi connectivity index (χ4v) is 2.29. The van der Waals surface area contributed by atoms with Crippen LogP contribution in [0.2, 0.25) is 0 Å². The van der Waals surface area contributed by atoms with Crippen molar-refractivity contribution in [1.29, 1.82) is 0 Å². The minimum absolute atomic E-state index is 0.0489. The maximum Gasteiger partial charge on any atom is 0.0749 e. The lowest BCUT2D eigenvalue weighted by atomic mass is 9.77. The number of para-hydroxylation sites is 1. The Hall–Kier alpha value is -1.41. The van der Waals surface area contributed by atoms with Gasteiger partial charge in [0.25, 0.3) is 0 Å². The number of rotatable bonds is 3. The zero-order valence-electron chi connectivity index (χ0n) is 12.4. The quantitative estimate of drug-likeness (QED) is 0.889. The Bertz CT molecular complexity index is 549. The van der Waals surface area contributed by atoms with Gasteiger partial charge in [0, 0.05) is 17.6 Å². The maximum absolute atomic E-state index is 6.42. The van der Waals surface area contributed by atoms with E-state index in [1.54, 1.807) is 0 Å². The van der Waals surface area contributed by atoms with Gasteiger partial charge in [-0.05, 0) is 29.4 Å². The van der Waals surface area contributed by atoms with E-state index in [1.807, 2.05) is 12.3 Å². The first kappa shape index (κ1) is 14.0. The first-order valence-electron chi connectivity index (χ1n) is 6.99. The summed E-state index contributed by atoms with van der Waals surface area (Å²) in [5, 5.41) is 1.17. The molecule has 2 nitrogen and oxygen atoms in total. The monoisotopic (exact) mass is 256 g/mol. The van der Waals surface area contributed by atoms with Crippen LogP contribution in [-0.4, -0.2) is 4.98 Å². The zero-order valence-corrected chi connectivity index (χ0v) is 12.4. The fourth-order valence-electron chi connectivity index (χ4n) is 2.29. The van der Waals surface area contributed by atoms with Gasteiger partial charge in [0.15, 0.2) is 0 Å². The standard InChI is InChI=1S/C17H24N2/c1-12(17(2,3)4)11-15(18)14-9-5-7-13-8-6-10-19-16(13)14/h5-10,12,15H,11,18H2,1-4H3. The van der Waals surface area contributed by atoms with Gasteiger partial charge in [-0.25, -0.2) is 0 Å². The number of fused-ring (bicyclic) bond motifs is 1. The lowest BCUT2D eigenvalue weighted by molar-refractivity contribution is 0.234. The summed E-state index contributed by atoms with van der Waals surface area (Å²) in [7, 11) is 0. The van der Waals surface area contributed by atoms with Gasteiger partial charge in [-0.3, -0.25) is 4.98 Å². The molecule has 0 radical (unpaired) electrons. The minimum Gasteiger partial charge on any atom is -0.324 e. The van der Waals surface area contributed by atoms with Crippen LogP contribution in [0, 0.1) is 11.3 Å². The molecule has 2 atom stereocenters. The van der Waals surface area contributed by atoms with Gasteiger partial charge in [-0.2, -0.15) is 0 Å². The Morgan fingerprint density at radius 1 is 1.16 bits per heavy atom. The third-order valence-electron chi connectivity index (χ3n) is 4.15. The van der Waals surface area contributed by atoms with Crippen molar-refractivity contribution in [3.8, 4) is 0 Å². The molecule has 0 saturated carbocycles. The molecule has 0 amide bonds. The van der Waals surface area contributed by atoms with Crippen molar-refractivity contribution in [3.05, 3.63) is 42.1 Å². The van der Waals surface area contributed by atoms with Crippen LogP contribution in [0.4, 0.5) is 0 Å². The molecule has 2 rings (SSSR count). The summed E-state index contributed by atoms with van der Waals surface area (Å²) in [5.74, 6) is 0.571. The lowest BCUT2D eigenvalue weighted by Gasteiger charge is -2.29. The minimum atomic E-state index is 0.0489. The molecule has 1 aromatic carbocycles. The number of hydrogen-bond donors (Lipinski definition) is 1.